The van der Waals surface area contributed by atoms with E-state index in [-0.39, 0.29) is 6.04 Å². The Labute approximate surface area is 196 Å². The number of aldehydes is 1. The van der Waals surface area contributed by atoms with Crippen molar-refractivity contribution in [1.29, 1.82) is 0 Å². The molecule has 0 aromatic heterocycles. The highest BCUT2D eigenvalue weighted by molar-refractivity contribution is 6.38. The molecule has 1 aromatic rings. The number of hydrogen-bond acceptors (Lipinski definition) is 7. The summed E-state index contributed by atoms with van der Waals surface area (Å²) in [4.78, 5) is 39.3. The third-order valence-corrected chi connectivity index (χ3v) is 6.15. The van der Waals surface area contributed by atoms with E-state index >= 15 is 0 Å². The van der Waals surface area contributed by atoms with Crippen LogP contribution in [0.5, 0.6) is 17.2 Å². The highest BCUT2D eigenvalue weighted by Crippen LogP contribution is 2.31. The molecule has 8 heteroatoms. The van der Waals surface area contributed by atoms with Crippen LogP contribution in [-0.2, 0) is 14.4 Å². The number of amides is 1. The summed E-state index contributed by atoms with van der Waals surface area (Å²) in [6, 6.07) is 4.59. The Bertz CT molecular complexity index is 810. The van der Waals surface area contributed by atoms with Crippen LogP contribution in [0.1, 0.15) is 52.9 Å². The minimum absolute atomic E-state index is 0.205. The van der Waals surface area contributed by atoms with Gasteiger partial charge in [-0.1, -0.05) is 27.2 Å². The number of benzene rings is 1. The smallest absolute Gasteiger partial charge is 0.291 e. The lowest BCUT2D eigenvalue weighted by molar-refractivity contribution is -0.154. The first-order chi connectivity index (χ1) is 15.8. The van der Waals surface area contributed by atoms with Gasteiger partial charge in [0.05, 0.1) is 20.3 Å². The lowest BCUT2D eigenvalue weighted by Gasteiger charge is -2.40. The number of carbonyl (C=O) groups excluding carboxylic acids is 3. The fraction of sp³-hybridized carbons (Fsp3) is 0.640. The second-order valence-electron chi connectivity index (χ2n) is 9.03. The quantitative estimate of drug-likeness (QED) is 0.274. The Morgan fingerprint density at radius 3 is 2.55 bits per heavy atom. The van der Waals surface area contributed by atoms with Crippen molar-refractivity contribution in [3.05, 3.63) is 18.2 Å². The highest BCUT2D eigenvalue weighted by Gasteiger charge is 2.41. The van der Waals surface area contributed by atoms with Gasteiger partial charge in [0.15, 0.2) is 11.5 Å². The molecule has 0 spiro atoms. The van der Waals surface area contributed by atoms with E-state index in [0.717, 1.165) is 25.5 Å². The third kappa shape index (κ3) is 6.93. The van der Waals surface area contributed by atoms with Crippen LogP contribution in [0, 0.1) is 5.41 Å². The molecule has 1 fully saturated rings. The average molecular weight is 463 g/mol. The van der Waals surface area contributed by atoms with Crippen LogP contribution >= 0.6 is 0 Å². The monoisotopic (exact) mass is 462 g/mol. The Hall–Kier alpha value is -2.61. The van der Waals surface area contributed by atoms with E-state index in [9.17, 15) is 14.4 Å². The van der Waals surface area contributed by atoms with Gasteiger partial charge in [-0.25, -0.2) is 0 Å². The molecule has 1 amide bonds. The standard InChI is InChI=1S/C25H38N2O6/c1-6-12-25(2,3)23(29)24(30)27-18(8-7-9-19(27)17-28)16-26-13-14-33-20-10-11-21(31-4)22(15-20)32-5/h10-11,15,17-19,26H,6-9,12-14,16H2,1-5H3. The first-order valence-corrected chi connectivity index (χ1v) is 11.7. The molecule has 1 aliphatic heterocycles. The molecule has 1 N–H and O–H groups in total. The van der Waals surface area contributed by atoms with Crippen LogP contribution in [-0.4, -0.2) is 68.9 Å². The van der Waals surface area contributed by atoms with Crippen LogP contribution in [0.15, 0.2) is 18.2 Å². The summed E-state index contributed by atoms with van der Waals surface area (Å²) in [7, 11) is 3.15. The highest BCUT2D eigenvalue weighted by atomic mass is 16.5. The minimum Gasteiger partial charge on any atom is -0.493 e. The molecule has 1 saturated heterocycles. The first-order valence-electron chi connectivity index (χ1n) is 11.7. The van der Waals surface area contributed by atoms with E-state index in [4.69, 9.17) is 14.2 Å². The summed E-state index contributed by atoms with van der Waals surface area (Å²) in [6.45, 7) is 7.05. The minimum atomic E-state index is -0.734. The number of hydrogen-bond donors (Lipinski definition) is 1. The molecule has 2 atom stereocenters. The topological polar surface area (TPSA) is 94.2 Å². The van der Waals surface area contributed by atoms with Gasteiger partial charge in [-0.2, -0.15) is 0 Å². The van der Waals surface area contributed by atoms with Gasteiger partial charge in [0.25, 0.3) is 5.91 Å². The molecule has 0 bridgehead atoms. The summed E-state index contributed by atoms with van der Waals surface area (Å²) in [5.74, 6) is 0.925. The van der Waals surface area contributed by atoms with Gasteiger partial charge in [0.2, 0.25) is 5.78 Å². The molecule has 0 aliphatic carbocycles. The fourth-order valence-corrected chi connectivity index (χ4v) is 4.32. The zero-order chi connectivity index (χ0) is 24.4. The zero-order valence-electron chi connectivity index (χ0n) is 20.5. The average Bonchev–Trinajstić information content (AvgIpc) is 2.82. The summed E-state index contributed by atoms with van der Waals surface area (Å²) in [5, 5.41) is 3.31. The molecule has 184 valence electrons. The number of nitrogens with zero attached hydrogens (tertiary/aromatic N) is 1. The van der Waals surface area contributed by atoms with Gasteiger partial charge in [0, 0.05) is 30.6 Å². The summed E-state index contributed by atoms with van der Waals surface area (Å²) in [5.41, 5.74) is -0.734. The van der Waals surface area contributed by atoms with Gasteiger partial charge in [-0.05, 0) is 37.8 Å². The summed E-state index contributed by atoms with van der Waals surface area (Å²) in [6.07, 6.45) is 4.43. The molecule has 2 unspecified atom stereocenters. The SMILES string of the molecule is CCCC(C)(C)C(=O)C(=O)N1C(C=O)CCCC1CNCCOc1ccc(OC)c(OC)c1. The van der Waals surface area contributed by atoms with Crippen LogP contribution in [0.2, 0.25) is 0 Å². The summed E-state index contributed by atoms with van der Waals surface area (Å²) >= 11 is 0. The predicted octanol–water partition coefficient (Wildman–Crippen LogP) is 3.02. The molecular weight excluding hydrogens is 424 g/mol. The van der Waals surface area contributed by atoms with Crippen molar-refractivity contribution >= 4 is 18.0 Å². The van der Waals surface area contributed by atoms with Gasteiger partial charge in [-0.3, -0.25) is 9.59 Å². The predicted molar refractivity (Wildman–Crippen MR) is 126 cm³/mol. The molecular formula is C25H38N2O6. The van der Waals surface area contributed by atoms with Crippen molar-refractivity contribution < 1.29 is 28.6 Å². The maximum atomic E-state index is 13.1. The van der Waals surface area contributed by atoms with Gasteiger partial charge >= 0.3 is 0 Å². The lowest BCUT2D eigenvalue weighted by atomic mass is 9.82. The number of likely N-dealkylation sites (tertiary alicyclic amines) is 1. The van der Waals surface area contributed by atoms with E-state index in [1.54, 1.807) is 46.3 Å². The van der Waals surface area contributed by atoms with Crippen molar-refractivity contribution in [2.45, 2.75) is 65.0 Å². The number of Topliss-reactive ketones (excluding diaryl/α,β-unsaturated/α-hetero) is 1. The van der Waals surface area contributed by atoms with Gasteiger partial charge in [-0.15, -0.1) is 0 Å². The van der Waals surface area contributed by atoms with E-state index < -0.39 is 23.1 Å². The normalized spacial score (nSPS) is 18.5. The molecule has 1 heterocycles. The van der Waals surface area contributed by atoms with Crippen LogP contribution < -0.4 is 19.5 Å². The van der Waals surface area contributed by atoms with Crippen LogP contribution in [0.4, 0.5) is 0 Å². The Kier molecular flexibility index (Phi) is 10.2. The van der Waals surface area contributed by atoms with Crippen molar-refractivity contribution in [2.75, 3.05) is 33.9 Å². The van der Waals surface area contributed by atoms with Crippen molar-refractivity contribution in [3.63, 3.8) is 0 Å². The number of piperidine rings is 1. The number of methoxy groups -OCH3 is 2. The number of ether oxygens (including phenoxy) is 3. The number of nitrogens with one attached hydrogen (secondary N) is 1. The van der Waals surface area contributed by atoms with Crippen molar-refractivity contribution in [2.24, 2.45) is 5.41 Å². The molecule has 33 heavy (non-hydrogen) atoms. The maximum absolute atomic E-state index is 13.1. The molecule has 0 saturated carbocycles. The molecule has 1 aromatic carbocycles. The molecule has 2 rings (SSSR count). The van der Waals surface area contributed by atoms with Gasteiger partial charge < -0.3 is 29.2 Å². The number of carbonyl (C=O) groups is 3. The van der Waals surface area contributed by atoms with Crippen molar-refractivity contribution in [1.82, 2.24) is 10.2 Å². The fourth-order valence-electron chi connectivity index (χ4n) is 4.32. The zero-order valence-corrected chi connectivity index (χ0v) is 20.5. The van der Waals surface area contributed by atoms with Gasteiger partial charge in [0.1, 0.15) is 18.6 Å². The van der Waals surface area contributed by atoms with Crippen molar-refractivity contribution in [3.8, 4) is 17.2 Å². The van der Waals surface area contributed by atoms with E-state index in [2.05, 4.69) is 5.32 Å². The molecule has 8 nitrogen and oxygen atoms in total. The summed E-state index contributed by atoms with van der Waals surface area (Å²) < 4.78 is 16.3. The Morgan fingerprint density at radius 2 is 1.91 bits per heavy atom. The second kappa shape index (κ2) is 12.6. The lowest BCUT2D eigenvalue weighted by Crippen LogP contribution is -2.57. The largest absolute Gasteiger partial charge is 0.493 e. The first kappa shape index (κ1) is 26.6. The molecule has 1 aliphatic rings. The maximum Gasteiger partial charge on any atom is 0.291 e. The molecule has 0 radical (unpaired) electrons. The third-order valence-electron chi connectivity index (χ3n) is 6.15. The second-order valence-corrected chi connectivity index (χ2v) is 9.03. The Morgan fingerprint density at radius 1 is 1.18 bits per heavy atom. The van der Waals surface area contributed by atoms with Crippen LogP contribution in [0.3, 0.4) is 0 Å². The number of rotatable bonds is 13. The Balaban J connectivity index is 1.94. The number of ketones is 1. The van der Waals surface area contributed by atoms with Crippen LogP contribution in [0.25, 0.3) is 0 Å². The van der Waals surface area contributed by atoms with E-state index in [1.165, 1.54) is 4.90 Å². The van der Waals surface area contributed by atoms with E-state index in [0.29, 0.717) is 49.8 Å². The van der Waals surface area contributed by atoms with E-state index in [1.807, 2.05) is 6.92 Å².